The van der Waals surface area contributed by atoms with Crippen LogP contribution in [0.1, 0.15) is 5.56 Å². The van der Waals surface area contributed by atoms with Gasteiger partial charge in [0.25, 0.3) is 0 Å². The van der Waals surface area contributed by atoms with Crippen molar-refractivity contribution in [3.05, 3.63) is 66.2 Å². The second-order valence-electron chi connectivity index (χ2n) is 5.52. The molecule has 5 nitrogen and oxygen atoms in total. The molecule has 3 aromatic carbocycles. The van der Waals surface area contributed by atoms with E-state index in [1.165, 1.54) is 0 Å². The Morgan fingerprint density at radius 1 is 0.840 bits per heavy atom. The Labute approximate surface area is 147 Å². The average molecular weight is 357 g/mol. The lowest BCUT2D eigenvalue weighted by atomic mass is 10.1. The third kappa shape index (κ3) is 3.75. The Hall–Kier alpha value is -2.57. The molecule has 3 rings (SSSR count). The lowest BCUT2D eigenvalue weighted by Gasteiger charge is -2.11. The van der Waals surface area contributed by atoms with Gasteiger partial charge < -0.3 is 9.47 Å². The average Bonchev–Trinajstić information content (AvgIpc) is 2.65. The van der Waals surface area contributed by atoms with E-state index in [-0.39, 0.29) is 11.4 Å². The van der Waals surface area contributed by atoms with Crippen molar-refractivity contribution >= 4 is 20.8 Å². The highest BCUT2D eigenvalue weighted by atomic mass is 32.2. The third-order valence-electron chi connectivity index (χ3n) is 3.95. The van der Waals surface area contributed by atoms with Crippen molar-refractivity contribution in [1.82, 2.24) is 4.72 Å². The molecule has 0 spiro atoms. The number of benzene rings is 3. The molecule has 130 valence electrons. The Morgan fingerprint density at radius 3 is 2.28 bits per heavy atom. The van der Waals surface area contributed by atoms with E-state index in [0.717, 1.165) is 16.3 Å². The SMILES string of the molecule is COc1ccc(CNS(=O)(=O)c2ccc3ccccc3c2)cc1OC. The monoisotopic (exact) mass is 357 g/mol. The molecule has 0 fully saturated rings. The Bertz CT molecular complexity index is 999. The van der Waals surface area contributed by atoms with Gasteiger partial charge in [-0.15, -0.1) is 0 Å². The molecule has 6 heteroatoms. The summed E-state index contributed by atoms with van der Waals surface area (Å²) in [7, 11) is -0.509. The summed E-state index contributed by atoms with van der Waals surface area (Å²) in [6.45, 7) is 0.162. The molecule has 0 saturated heterocycles. The lowest BCUT2D eigenvalue weighted by molar-refractivity contribution is 0.354. The van der Waals surface area contributed by atoms with Gasteiger partial charge in [-0.05, 0) is 40.6 Å². The molecular formula is C19H19NO4S. The second-order valence-corrected chi connectivity index (χ2v) is 7.29. The molecular weight excluding hydrogens is 338 g/mol. The smallest absolute Gasteiger partial charge is 0.240 e. The summed E-state index contributed by atoms with van der Waals surface area (Å²) in [6, 6.07) is 18.0. The van der Waals surface area contributed by atoms with Gasteiger partial charge in [0.1, 0.15) is 0 Å². The molecule has 0 bridgehead atoms. The molecule has 3 aromatic rings. The molecule has 0 radical (unpaired) electrons. The van der Waals surface area contributed by atoms with Crippen LogP contribution in [0.4, 0.5) is 0 Å². The van der Waals surface area contributed by atoms with E-state index in [1.54, 1.807) is 50.6 Å². The van der Waals surface area contributed by atoms with Crippen LogP contribution in [0.25, 0.3) is 10.8 Å². The molecule has 0 aliphatic heterocycles. The highest BCUT2D eigenvalue weighted by Gasteiger charge is 2.15. The number of hydrogen-bond acceptors (Lipinski definition) is 4. The zero-order valence-corrected chi connectivity index (χ0v) is 14.8. The summed E-state index contributed by atoms with van der Waals surface area (Å²) in [6.07, 6.45) is 0. The van der Waals surface area contributed by atoms with E-state index in [0.29, 0.717) is 11.5 Å². The first-order chi connectivity index (χ1) is 12.0. The summed E-state index contributed by atoms with van der Waals surface area (Å²) in [5.74, 6) is 1.16. The van der Waals surface area contributed by atoms with Gasteiger partial charge in [0.2, 0.25) is 10.0 Å². The van der Waals surface area contributed by atoms with Gasteiger partial charge >= 0.3 is 0 Å². The molecule has 0 unspecified atom stereocenters. The molecule has 25 heavy (non-hydrogen) atoms. The first-order valence-corrected chi connectivity index (χ1v) is 9.21. The molecule has 0 aromatic heterocycles. The number of methoxy groups -OCH3 is 2. The maximum atomic E-state index is 12.6. The van der Waals surface area contributed by atoms with Gasteiger partial charge in [-0.3, -0.25) is 0 Å². The Morgan fingerprint density at radius 2 is 1.56 bits per heavy atom. The van der Waals surface area contributed by atoms with Gasteiger partial charge in [0.15, 0.2) is 11.5 Å². The minimum Gasteiger partial charge on any atom is -0.493 e. The van der Waals surface area contributed by atoms with Crippen molar-refractivity contribution in [1.29, 1.82) is 0 Å². The number of ether oxygens (including phenoxy) is 2. The highest BCUT2D eigenvalue weighted by molar-refractivity contribution is 7.89. The van der Waals surface area contributed by atoms with Crippen molar-refractivity contribution in [3.8, 4) is 11.5 Å². The predicted molar refractivity (Wildman–Crippen MR) is 97.5 cm³/mol. The van der Waals surface area contributed by atoms with Crippen LogP contribution < -0.4 is 14.2 Å². The van der Waals surface area contributed by atoms with Crippen LogP contribution in [-0.2, 0) is 16.6 Å². The van der Waals surface area contributed by atoms with E-state index in [4.69, 9.17) is 9.47 Å². The Balaban J connectivity index is 1.81. The van der Waals surface area contributed by atoms with Crippen molar-refractivity contribution in [2.45, 2.75) is 11.4 Å². The van der Waals surface area contributed by atoms with E-state index >= 15 is 0 Å². The normalized spacial score (nSPS) is 11.4. The van der Waals surface area contributed by atoms with Crippen LogP contribution in [0.15, 0.2) is 65.6 Å². The van der Waals surface area contributed by atoms with Crippen molar-refractivity contribution in [2.75, 3.05) is 14.2 Å². The first kappa shape index (κ1) is 17.3. The summed E-state index contributed by atoms with van der Waals surface area (Å²) in [4.78, 5) is 0.242. The molecule has 0 amide bonds. The van der Waals surface area contributed by atoms with Gasteiger partial charge in [0.05, 0.1) is 19.1 Å². The number of rotatable bonds is 6. The molecule has 0 heterocycles. The fourth-order valence-corrected chi connectivity index (χ4v) is 3.64. The minimum atomic E-state index is -3.61. The summed E-state index contributed by atoms with van der Waals surface area (Å²) in [5.41, 5.74) is 0.780. The Kier molecular flexibility index (Phi) is 4.92. The quantitative estimate of drug-likeness (QED) is 0.735. The molecule has 1 N–H and O–H groups in total. The van der Waals surface area contributed by atoms with Gasteiger partial charge in [-0.25, -0.2) is 13.1 Å². The number of nitrogens with one attached hydrogen (secondary N) is 1. The predicted octanol–water partition coefficient (Wildman–Crippen LogP) is 3.34. The van der Waals surface area contributed by atoms with Crippen molar-refractivity contribution < 1.29 is 17.9 Å². The topological polar surface area (TPSA) is 64.6 Å². The van der Waals surface area contributed by atoms with E-state index in [1.807, 2.05) is 24.3 Å². The fraction of sp³-hybridized carbons (Fsp3) is 0.158. The van der Waals surface area contributed by atoms with Gasteiger partial charge in [-0.2, -0.15) is 0 Å². The fourth-order valence-electron chi connectivity index (χ4n) is 2.59. The van der Waals surface area contributed by atoms with E-state index in [2.05, 4.69) is 4.72 Å². The first-order valence-electron chi connectivity index (χ1n) is 7.73. The molecule has 0 aliphatic carbocycles. The second kappa shape index (κ2) is 7.13. The number of fused-ring (bicyclic) bond motifs is 1. The zero-order chi connectivity index (χ0) is 17.9. The maximum absolute atomic E-state index is 12.6. The van der Waals surface area contributed by atoms with Crippen LogP contribution in [-0.4, -0.2) is 22.6 Å². The van der Waals surface area contributed by atoms with E-state index < -0.39 is 10.0 Å². The van der Waals surface area contributed by atoms with Gasteiger partial charge in [-0.1, -0.05) is 36.4 Å². The summed E-state index contributed by atoms with van der Waals surface area (Å²) >= 11 is 0. The minimum absolute atomic E-state index is 0.162. The van der Waals surface area contributed by atoms with Crippen molar-refractivity contribution in [2.24, 2.45) is 0 Å². The number of hydrogen-bond donors (Lipinski definition) is 1. The zero-order valence-electron chi connectivity index (χ0n) is 14.0. The van der Waals surface area contributed by atoms with Crippen LogP contribution in [0.5, 0.6) is 11.5 Å². The number of sulfonamides is 1. The van der Waals surface area contributed by atoms with Crippen LogP contribution in [0.3, 0.4) is 0 Å². The van der Waals surface area contributed by atoms with E-state index in [9.17, 15) is 8.42 Å². The summed E-state index contributed by atoms with van der Waals surface area (Å²) < 4.78 is 38.2. The molecule has 0 atom stereocenters. The van der Waals surface area contributed by atoms with Crippen molar-refractivity contribution in [3.63, 3.8) is 0 Å². The third-order valence-corrected chi connectivity index (χ3v) is 5.34. The largest absolute Gasteiger partial charge is 0.493 e. The van der Waals surface area contributed by atoms with Crippen LogP contribution in [0.2, 0.25) is 0 Å². The molecule has 0 aliphatic rings. The highest BCUT2D eigenvalue weighted by Crippen LogP contribution is 2.27. The van der Waals surface area contributed by atoms with Crippen LogP contribution >= 0.6 is 0 Å². The lowest BCUT2D eigenvalue weighted by Crippen LogP contribution is -2.23. The maximum Gasteiger partial charge on any atom is 0.240 e. The van der Waals surface area contributed by atoms with Crippen LogP contribution in [0, 0.1) is 0 Å². The summed E-state index contributed by atoms with van der Waals surface area (Å²) in [5, 5.41) is 1.89. The van der Waals surface area contributed by atoms with Gasteiger partial charge in [0, 0.05) is 6.54 Å². The molecule has 0 saturated carbocycles. The standard InChI is InChI=1S/C19H19NO4S/c1-23-18-10-7-14(11-19(18)24-2)13-20-25(21,22)17-9-8-15-5-3-4-6-16(15)12-17/h3-12,20H,13H2,1-2H3.